The van der Waals surface area contributed by atoms with Crippen molar-refractivity contribution >= 4 is 35.6 Å². The van der Waals surface area contributed by atoms with E-state index in [2.05, 4.69) is 20.9 Å². The molecule has 4 unspecified atom stereocenters. The molecule has 0 radical (unpaired) electrons. The van der Waals surface area contributed by atoms with E-state index in [-0.39, 0.29) is 25.3 Å². The highest BCUT2D eigenvalue weighted by molar-refractivity contribution is 5.95. The molecule has 0 bridgehead atoms. The summed E-state index contributed by atoms with van der Waals surface area (Å²) < 4.78 is 0. The van der Waals surface area contributed by atoms with Crippen LogP contribution in [0.1, 0.15) is 26.2 Å². The number of hydrogen-bond donors (Lipinski definition) is 9. The van der Waals surface area contributed by atoms with Gasteiger partial charge >= 0.3 is 5.97 Å². The molecular weight excluding hydrogens is 416 g/mol. The predicted molar refractivity (Wildman–Crippen MR) is 108 cm³/mol. The van der Waals surface area contributed by atoms with E-state index in [4.69, 9.17) is 28.0 Å². The predicted octanol–water partition coefficient (Wildman–Crippen LogP) is -5.21. The molecule has 0 spiro atoms. The zero-order valence-electron chi connectivity index (χ0n) is 17.0. The Bertz CT molecular complexity index is 693. The highest BCUT2D eigenvalue weighted by Crippen LogP contribution is 2.02. The summed E-state index contributed by atoms with van der Waals surface area (Å²) in [7, 11) is 0. The van der Waals surface area contributed by atoms with Crippen LogP contribution in [0.15, 0.2) is 4.99 Å². The Kier molecular flexibility index (Phi) is 12.2. The molecule has 0 heterocycles. The quantitative estimate of drug-likeness (QED) is 0.0694. The topological polar surface area (TPSA) is 278 Å². The molecule has 4 atom stereocenters. The molecule has 0 rings (SSSR count). The van der Waals surface area contributed by atoms with E-state index in [9.17, 15) is 29.1 Å². The Morgan fingerprint density at radius 1 is 0.968 bits per heavy atom. The number of aliphatic hydroxyl groups is 1. The minimum atomic E-state index is -1.48. The van der Waals surface area contributed by atoms with Gasteiger partial charge in [-0.05, 0) is 19.8 Å². The van der Waals surface area contributed by atoms with Crippen LogP contribution in [0.3, 0.4) is 0 Å². The van der Waals surface area contributed by atoms with Crippen LogP contribution in [0, 0.1) is 0 Å². The fourth-order valence-corrected chi connectivity index (χ4v) is 2.23. The van der Waals surface area contributed by atoms with Gasteiger partial charge in [-0.25, -0.2) is 0 Å². The van der Waals surface area contributed by atoms with E-state index in [1.54, 1.807) is 0 Å². The smallest absolute Gasteiger partial charge is 0.322 e. The average molecular weight is 446 g/mol. The number of rotatable bonds is 14. The fourth-order valence-electron chi connectivity index (χ4n) is 2.23. The largest absolute Gasteiger partial charge is 0.480 e. The molecule has 0 aliphatic rings. The van der Waals surface area contributed by atoms with Crippen molar-refractivity contribution in [2.45, 2.75) is 50.4 Å². The number of amides is 4. The van der Waals surface area contributed by atoms with E-state index in [1.165, 1.54) is 6.92 Å². The van der Waals surface area contributed by atoms with Crippen molar-refractivity contribution < 1.29 is 34.2 Å². The summed E-state index contributed by atoms with van der Waals surface area (Å²) in [5.74, 6) is -5.08. The van der Waals surface area contributed by atoms with Crippen molar-refractivity contribution in [2.24, 2.45) is 27.9 Å². The number of guanidine groups is 1. The second-order valence-electron chi connectivity index (χ2n) is 6.62. The number of aliphatic imine (C=N–C) groups is 1. The lowest BCUT2D eigenvalue weighted by molar-refractivity contribution is -0.139. The number of aliphatic carboxylic acids is 1. The highest BCUT2D eigenvalue weighted by atomic mass is 16.4. The number of carboxylic acid groups (broad SMARTS) is 1. The third kappa shape index (κ3) is 12.0. The van der Waals surface area contributed by atoms with Gasteiger partial charge in [0.15, 0.2) is 5.96 Å². The maximum atomic E-state index is 12.6. The Morgan fingerprint density at radius 2 is 1.55 bits per heavy atom. The summed E-state index contributed by atoms with van der Waals surface area (Å²) in [5.41, 5.74) is 21.0. The van der Waals surface area contributed by atoms with Gasteiger partial charge in [0.25, 0.3) is 0 Å². The van der Waals surface area contributed by atoms with Gasteiger partial charge in [-0.1, -0.05) is 0 Å². The van der Waals surface area contributed by atoms with Crippen molar-refractivity contribution in [3.8, 4) is 0 Å². The SMILES string of the molecule is CC(O)C(N)C(=O)NC(CC(N)=O)C(=O)NC(CCCN=C(N)N)C(=O)NCC(=O)O. The average Bonchev–Trinajstić information content (AvgIpc) is 2.66. The number of carboxylic acids is 1. The molecule has 0 fully saturated rings. The molecule has 176 valence electrons. The van der Waals surface area contributed by atoms with Gasteiger partial charge in [0.2, 0.25) is 23.6 Å². The maximum Gasteiger partial charge on any atom is 0.322 e. The van der Waals surface area contributed by atoms with Crippen molar-refractivity contribution in [3.63, 3.8) is 0 Å². The van der Waals surface area contributed by atoms with Gasteiger partial charge < -0.3 is 49.1 Å². The van der Waals surface area contributed by atoms with Crippen molar-refractivity contribution in [1.29, 1.82) is 0 Å². The van der Waals surface area contributed by atoms with E-state index in [1.807, 2.05) is 0 Å². The monoisotopic (exact) mass is 446 g/mol. The van der Waals surface area contributed by atoms with Crippen LogP contribution < -0.4 is 38.9 Å². The van der Waals surface area contributed by atoms with Crippen LogP contribution in [0.4, 0.5) is 0 Å². The lowest BCUT2D eigenvalue weighted by Gasteiger charge is -2.24. The normalized spacial score (nSPS) is 14.3. The molecule has 15 nitrogen and oxygen atoms in total. The van der Waals surface area contributed by atoms with Crippen LogP contribution in [-0.2, 0) is 24.0 Å². The number of nitrogens with one attached hydrogen (secondary N) is 3. The third-order valence-electron chi connectivity index (χ3n) is 3.85. The van der Waals surface area contributed by atoms with Gasteiger partial charge in [0.05, 0.1) is 12.5 Å². The van der Waals surface area contributed by atoms with Crippen LogP contribution >= 0.6 is 0 Å². The summed E-state index contributed by atoms with van der Waals surface area (Å²) in [6.45, 7) is 0.697. The first-order valence-electron chi connectivity index (χ1n) is 9.22. The zero-order valence-corrected chi connectivity index (χ0v) is 17.0. The van der Waals surface area contributed by atoms with Crippen LogP contribution in [0.25, 0.3) is 0 Å². The molecule has 0 aromatic carbocycles. The van der Waals surface area contributed by atoms with Crippen molar-refractivity contribution in [1.82, 2.24) is 16.0 Å². The third-order valence-corrected chi connectivity index (χ3v) is 3.85. The zero-order chi connectivity index (χ0) is 24.1. The fraction of sp³-hybridized carbons (Fsp3) is 0.625. The number of nitrogens with two attached hydrogens (primary N) is 4. The molecule has 0 aromatic rings. The first-order chi connectivity index (χ1) is 14.3. The number of carbonyl (C=O) groups is 5. The second-order valence-corrected chi connectivity index (χ2v) is 6.62. The summed E-state index contributed by atoms with van der Waals surface area (Å²) >= 11 is 0. The van der Waals surface area contributed by atoms with Gasteiger partial charge in [-0.15, -0.1) is 0 Å². The lowest BCUT2D eigenvalue weighted by Crippen LogP contribution is -2.58. The Labute approximate surface area is 178 Å². The summed E-state index contributed by atoms with van der Waals surface area (Å²) in [5, 5.41) is 24.7. The van der Waals surface area contributed by atoms with Crippen LogP contribution in [-0.4, -0.2) is 83.1 Å². The Morgan fingerprint density at radius 3 is 2.03 bits per heavy atom. The maximum absolute atomic E-state index is 12.6. The molecule has 31 heavy (non-hydrogen) atoms. The number of carbonyl (C=O) groups excluding carboxylic acids is 4. The number of primary amides is 1. The minimum Gasteiger partial charge on any atom is -0.480 e. The second kappa shape index (κ2) is 13.7. The summed E-state index contributed by atoms with van der Waals surface area (Å²) in [6, 6.07) is -4.08. The van der Waals surface area contributed by atoms with Gasteiger partial charge in [-0.2, -0.15) is 0 Å². The van der Waals surface area contributed by atoms with E-state index < -0.39 is 66.8 Å². The molecule has 0 saturated heterocycles. The minimum absolute atomic E-state index is 0.0123. The van der Waals surface area contributed by atoms with Crippen LogP contribution in [0.2, 0.25) is 0 Å². The van der Waals surface area contributed by atoms with Crippen molar-refractivity contribution in [3.05, 3.63) is 0 Å². The van der Waals surface area contributed by atoms with E-state index >= 15 is 0 Å². The molecule has 15 heteroatoms. The molecule has 4 amide bonds. The summed E-state index contributed by atoms with van der Waals surface area (Å²) in [4.78, 5) is 62.6. The first-order valence-corrected chi connectivity index (χ1v) is 9.22. The van der Waals surface area contributed by atoms with Gasteiger partial charge in [-0.3, -0.25) is 29.0 Å². The summed E-state index contributed by atoms with van der Waals surface area (Å²) in [6.07, 6.45) is -1.59. The molecule has 0 aliphatic carbocycles. The molecule has 0 aromatic heterocycles. The van der Waals surface area contributed by atoms with E-state index in [0.717, 1.165) is 0 Å². The molecule has 13 N–H and O–H groups in total. The number of aliphatic hydroxyl groups excluding tert-OH is 1. The molecule has 0 saturated carbocycles. The number of nitrogens with zero attached hydrogens (tertiary/aromatic N) is 1. The van der Waals surface area contributed by atoms with Gasteiger partial charge in [0, 0.05) is 6.54 Å². The first kappa shape index (κ1) is 27.5. The number of hydrogen-bond acceptors (Lipinski definition) is 8. The highest BCUT2D eigenvalue weighted by Gasteiger charge is 2.30. The standard InChI is InChI=1S/C16H30N8O7/c1-7(25)12(18)15(31)24-9(5-10(17)26)14(30)23-8(3-2-4-21-16(19)20)13(29)22-6-11(27)28/h7-9,12,25H,2-6,18H2,1H3,(H2,17,26)(H,22,29)(H,23,30)(H,24,31)(H,27,28)(H4,19,20,21). The molecular formula is C16H30N8O7. The van der Waals surface area contributed by atoms with Crippen molar-refractivity contribution in [2.75, 3.05) is 13.1 Å². The Hall–Kier alpha value is -3.46. The van der Waals surface area contributed by atoms with Crippen LogP contribution in [0.5, 0.6) is 0 Å². The Balaban J connectivity index is 5.34. The van der Waals surface area contributed by atoms with E-state index in [0.29, 0.717) is 0 Å². The molecule has 0 aliphatic heterocycles. The lowest BCUT2D eigenvalue weighted by atomic mass is 10.1. The van der Waals surface area contributed by atoms with Gasteiger partial charge in [0.1, 0.15) is 24.7 Å².